The van der Waals surface area contributed by atoms with Crippen LogP contribution in [0.5, 0.6) is 0 Å². The Hall–Kier alpha value is -0.610. The van der Waals surface area contributed by atoms with Crippen LogP contribution in [-0.2, 0) is 5.88 Å². The lowest BCUT2D eigenvalue weighted by atomic mass is 10.1. The van der Waals surface area contributed by atoms with Gasteiger partial charge in [-0.15, -0.1) is 11.6 Å². The van der Waals surface area contributed by atoms with Crippen LogP contribution >= 0.6 is 23.2 Å². The van der Waals surface area contributed by atoms with Gasteiger partial charge >= 0.3 is 6.18 Å². The lowest BCUT2D eigenvalue weighted by Crippen LogP contribution is -2.39. The molecule has 0 aliphatic carbocycles. The zero-order valence-corrected chi connectivity index (χ0v) is 11.6. The highest BCUT2D eigenvalue weighted by Crippen LogP contribution is 2.32. The monoisotopic (exact) mass is 299 g/mol. The van der Waals surface area contributed by atoms with E-state index in [0.717, 1.165) is 0 Å². The van der Waals surface area contributed by atoms with Crippen LogP contribution in [0.1, 0.15) is 19.4 Å². The van der Waals surface area contributed by atoms with E-state index in [-0.39, 0.29) is 11.9 Å². The first-order valence-electron chi connectivity index (χ1n) is 5.43. The van der Waals surface area contributed by atoms with Crippen molar-refractivity contribution in [3.63, 3.8) is 0 Å². The molecule has 0 spiro atoms. The minimum atomic E-state index is -4.27. The number of hydrogen-bond donors (Lipinski definition) is 0. The molecule has 0 bridgehead atoms. The molecule has 0 aliphatic rings. The first kappa shape index (κ1) is 15.4. The van der Waals surface area contributed by atoms with Gasteiger partial charge in [-0.1, -0.05) is 17.7 Å². The van der Waals surface area contributed by atoms with Gasteiger partial charge in [-0.05, 0) is 26.0 Å². The third-order valence-electron chi connectivity index (χ3n) is 2.51. The van der Waals surface area contributed by atoms with Crippen molar-refractivity contribution in [3.8, 4) is 0 Å². The van der Waals surface area contributed by atoms with Crippen molar-refractivity contribution in [2.75, 3.05) is 11.4 Å². The third kappa shape index (κ3) is 3.95. The van der Waals surface area contributed by atoms with Crippen molar-refractivity contribution in [1.82, 2.24) is 0 Å². The number of halogens is 5. The highest BCUT2D eigenvalue weighted by atomic mass is 35.5. The molecule has 0 amide bonds. The van der Waals surface area contributed by atoms with E-state index in [9.17, 15) is 13.2 Å². The second-order valence-electron chi connectivity index (χ2n) is 4.21. The van der Waals surface area contributed by atoms with E-state index in [1.165, 1.54) is 4.90 Å². The van der Waals surface area contributed by atoms with Crippen molar-refractivity contribution in [2.45, 2.75) is 31.9 Å². The van der Waals surface area contributed by atoms with E-state index in [0.29, 0.717) is 16.3 Å². The second kappa shape index (κ2) is 6.02. The van der Waals surface area contributed by atoms with Crippen LogP contribution in [-0.4, -0.2) is 18.8 Å². The predicted molar refractivity (Wildman–Crippen MR) is 69.5 cm³/mol. The molecule has 0 aromatic heterocycles. The number of nitrogens with zero attached hydrogens (tertiary/aromatic N) is 1. The van der Waals surface area contributed by atoms with E-state index in [1.807, 2.05) is 0 Å². The molecule has 0 heterocycles. The average molecular weight is 300 g/mol. The minimum Gasteiger partial charge on any atom is -0.360 e. The zero-order chi connectivity index (χ0) is 13.9. The topological polar surface area (TPSA) is 3.24 Å². The first-order chi connectivity index (χ1) is 8.26. The van der Waals surface area contributed by atoms with Crippen LogP contribution < -0.4 is 4.90 Å². The van der Waals surface area contributed by atoms with E-state index >= 15 is 0 Å². The summed E-state index contributed by atoms with van der Waals surface area (Å²) in [6.45, 7) is 2.38. The number of alkyl halides is 4. The molecule has 0 saturated carbocycles. The van der Waals surface area contributed by atoms with Crippen molar-refractivity contribution >= 4 is 28.9 Å². The fourth-order valence-electron chi connectivity index (χ4n) is 1.69. The molecule has 0 radical (unpaired) electrons. The smallest absolute Gasteiger partial charge is 0.360 e. The van der Waals surface area contributed by atoms with Gasteiger partial charge < -0.3 is 4.90 Å². The van der Waals surface area contributed by atoms with Gasteiger partial charge in [0, 0.05) is 22.3 Å². The van der Waals surface area contributed by atoms with Gasteiger partial charge in [0.1, 0.15) is 6.54 Å². The Kier molecular flexibility index (Phi) is 5.17. The molecule has 1 aromatic carbocycles. The largest absolute Gasteiger partial charge is 0.405 e. The SMILES string of the molecule is CC(C)N(CC(F)(F)F)c1cccc(Cl)c1CCl. The normalized spacial score (nSPS) is 12.0. The Bertz CT molecular complexity index is 405. The predicted octanol–water partition coefficient (Wildman–Crippen LogP) is 4.86. The van der Waals surface area contributed by atoms with Crippen molar-refractivity contribution < 1.29 is 13.2 Å². The summed E-state index contributed by atoms with van der Waals surface area (Å²) in [5.74, 6) is 0.0794. The highest BCUT2D eigenvalue weighted by molar-refractivity contribution is 6.32. The summed E-state index contributed by atoms with van der Waals surface area (Å²) in [5, 5.41) is 0.385. The number of hydrogen-bond acceptors (Lipinski definition) is 1. The minimum absolute atomic E-state index is 0.0794. The third-order valence-corrected chi connectivity index (χ3v) is 3.13. The summed E-state index contributed by atoms with van der Waals surface area (Å²) in [5.41, 5.74) is 0.962. The highest BCUT2D eigenvalue weighted by Gasteiger charge is 2.32. The molecule has 0 aliphatic heterocycles. The summed E-state index contributed by atoms with van der Waals surface area (Å²) >= 11 is 11.7. The van der Waals surface area contributed by atoms with Gasteiger partial charge in [0.05, 0.1) is 5.88 Å². The lowest BCUT2D eigenvalue weighted by Gasteiger charge is -2.31. The van der Waals surface area contributed by atoms with Gasteiger partial charge in [0.2, 0.25) is 0 Å². The molecule has 0 atom stereocenters. The van der Waals surface area contributed by atoms with Crippen molar-refractivity contribution in [3.05, 3.63) is 28.8 Å². The summed E-state index contributed by atoms with van der Waals surface area (Å²) < 4.78 is 37.7. The Labute approximate surface area is 114 Å². The summed E-state index contributed by atoms with van der Waals surface area (Å²) in [6.07, 6.45) is -4.27. The van der Waals surface area contributed by atoms with Gasteiger partial charge in [-0.3, -0.25) is 0 Å². The molecule has 0 unspecified atom stereocenters. The Morgan fingerprint density at radius 1 is 1.28 bits per heavy atom. The summed E-state index contributed by atoms with van der Waals surface area (Å²) in [6, 6.07) is 4.55. The maximum Gasteiger partial charge on any atom is 0.405 e. The molecule has 18 heavy (non-hydrogen) atoms. The fraction of sp³-hybridized carbons (Fsp3) is 0.500. The van der Waals surface area contributed by atoms with Crippen molar-refractivity contribution in [1.29, 1.82) is 0 Å². The van der Waals surface area contributed by atoms with E-state index in [4.69, 9.17) is 23.2 Å². The first-order valence-corrected chi connectivity index (χ1v) is 6.34. The Morgan fingerprint density at radius 2 is 1.89 bits per heavy atom. The van der Waals surface area contributed by atoms with Gasteiger partial charge in [-0.25, -0.2) is 0 Å². The Balaban J connectivity index is 3.18. The standard InChI is InChI=1S/C12H14Cl2F3N/c1-8(2)18(7-12(15,16)17)11-5-3-4-10(14)9(11)6-13/h3-5,8H,6-7H2,1-2H3. The van der Waals surface area contributed by atoms with E-state index in [2.05, 4.69) is 0 Å². The van der Waals surface area contributed by atoms with Crippen LogP contribution in [0.25, 0.3) is 0 Å². The summed E-state index contributed by atoms with van der Waals surface area (Å²) in [4.78, 5) is 1.25. The zero-order valence-electron chi connectivity index (χ0n) is 10.1. The lowest BCUT2D eigenvalue weighted by molar-refractivity contribution is -0.120. The molecule has 102 valence electrons. The maximum atomic E-state index is 12.6. The molecule has 1 nitrogen and oxygen atoms in total. The number of benzene rings is 1. The van der Waals surface area contributed by atoms with E-state index < -0.39 is 12.7 Å². The fourth-order valence-corrected chi connectivity index (χ4v) is 2.27. The quantitative estimate of drug-likeness (QED) is 0.718. The Morgan fingerprint density at radius 3 is 2.33 bits per heavy atom. The molecule has 0 N–H and O–H groups in total. The van der Waals surface area contributed by atoms with Crippen LogP contribution in [0.2, 0.25) is 5.02 Å². The van der Waals surface area contributed by atoms with Crippen LogP contribution in [0.3, 0.4) is 0 Å². The van der Waals surface area contributed by atoms with Gasteiger partial charge in [0.15, 0.2) is 0 Å². The van der Waals surface area contributed by atoms with Crippen LogP contribution in [0.15, 0.2) is 18.2 Å². The number of rotatable bonds is 4. The maximum absolute atomic E-state index is 12.6. The van der Waals surface area contributed by atoms with Crippen molar-refractivity contribution in [2.24, 2.45) is 0 Å². The second-order valence-corrected chi connectivity index (χ2v) is 4.88. The van der Waals surface area contributed by atoms with Crippen LogP contribution in [0.4, 0.5) is 18.9 Å². The molecular formula is C12H14Cl2F3N. The molecule has 0 fully saturated rings. The average Bonchev–Trinajstić information content (AvgIpc) is 2.24. The molecule has 6 heteroatoms. The number of anilines is 1. The van der Waals surface area contributed by atoms with Gasteiger partial charge in [0.25, 0.3) is 0 Å². The molecule has 1 aromatic rings. The molecule has 0 saturated heterocycles. The molecular weight excluding hydrogens is 286 g/mol. The van der Waals surface area contributed by atoms with Gasteiger partial charge in [-0.2, -0.15) is 13.2 Å². The van der Waals surface area contributed by atoms with E-state index in [1.54, 1.807) is 32.0 Å². The molecule has 1 rings (SSSR count). The summed E-state index contributed by atoms with van der Waals surface area (Å²) in [7, 11) is 0. The van der Waals surface area contributed by atoms with Crippen LogP contribution in [0, 0.1) is 0 Å².